The summed E-state index contributed by atoms with van der Waals surface area (Å²) >= 11 is 1.37. The lowest BCUT2D eigenvalue weighted by molar-refractivity contribution is -0.114. The SMILES string of the molecule is COc1ccc(SCC(=O)Nc2ccc(F)c(NC(C)=O)c2)cc1. The summed E-state index contributed by atoms with van der Waals surface area (Å²) in [5, 5.41) is 5.05. The minimum Gasteiger partial charge on any atom is -0.497 e. The molecule has 5 nitrogen and oxygen atoms in total. The van der Waals surface area contributed by atoms with Crippen LogP contribution in [-0.4, -0.2) is 24.7 Å². The van der Waals surface area contributed by atoms with E-state index in [2.05, 4.69) is 10.6 Å². The molecule has 0 aromatic heterocycles. The third kappa shape index (κ3) is 5.27. The van der Waals surface area contributed by atoms with Crippen LogP contribution in [-0.2, 0) is 9.59 Å². The summed E-state index contributed by atoms with van der Waals surface area (Å²) < 4.78 is 18.6. The van der Waals surface area contributed by atoms with E-state index in [0.29, 0.717) is 5.69 Å². The molecule has 2 rings (SSSR count). The van der Waals surface area contributed by atoms with Crippen LogP contribution >= 0.6 is 11.8 Å². The summed E-state index contributed by atoms with van der Waals surface area (Å²) in [6.45, 7) is 1.29. The molecule has 0 spiro atoms. The van der Waals surface area contributed by atoms with E-state index in [-0.39, 0.29) is 23.3 Å². The van der Waals surface area contributed by atoms with E-state index in [4.69, 9.17) is 4.74 Å². The molecule has 0 saturated heterocycles. The van der Waals surface area contributed by atoms with Crippen molar-refractivity contribution in [1.82, 2.24) is 0 Å². The molecule has 0 fully saturated rings. The summed E-state index contributed by atoms with van der Waals surface area (Å²) in [5.41, 5.74) is 0.448. The number of carbonyl (C=O) groups excluding carboxylic acids is 2. The number of hydrogen-bond acceptors (Lipinski definition) is 4. The van der Waals surface area contributed by atoms with Crippen molar-refractivity contribution in [1.29, 1.82) is 0 Å². The molecule has 0 heterocycles. The molecule has 0 aliphatic heterocycles. The number of halogens is 1. The molecule has 0 bridgehead atoms. The second-order valence-electron chi connectivity index (χ2n) is 4.89. The number of hydrogen-bond donors (Lipinski definition) is 2. The Balaban J connectivity index is 1.92. The molecule has 0 aliphatic carbocycles. The van der Waals surface area contributed by atoms with E-state index in [1.807, 2.05) is 24.3 Å². The number of amides is 2. The van der Waals surface area contributed by atoms with Crippen molar-refractivity contribution in [3.8, 4) is 5.75 Å². The van der Waals surface area contributed by atoms with Crippen LogP contribution in [0.3, 0.4) is 0 Å². The van der Waals surface area contributed by atoms with E-state index in [1.54, 1.807) is 7.11 Å². The van der Waals surface area contributed by atoms with Crippen molar-refractivity contribution in [2.45, 2.75) is 11.8 Å². The lowest BCUT2D eigenvalue weighted by Gasteiger charge is -2.09. The van der Waals surface area contributed by atoms with Crippen LogP contribution in [0.2, 0.25) is 0 Å². The predicted molar refractivity (Wildman–Crippen MR) is 93.1 cm³/mol. The third-order valence-electron chi connectivity index (χ3n) is 2.99. The quantitative estimate of drug-likeness (QED) is 0.784. The zero-order valence-corrected chi connectivity index (χ0v) is 14.1. The maximum atomic E-state index is 13.6. The molecule has 0 unspecified atom stereocenters. The van der Waals surface area contributed by atoms with Crippen LogP contribution in [0.15, 0.2) is 47.4 Å². The number of rotatable bonds is 6. The van der Waals surface area contributed by atoms with Gasteiger partial charge in [-0.2, -0.15) is 0 Å². The maximum Gasteiger partial charge on any atom is 0.234 e. The van der Waals surface area contributed by atoms with Crippen molar-refractivity contribution in [3.63, 3.8) is 0 Å². The van der Waals surface area contributed by atoms with Gasteiger partial charge in [-0.25, -0.2) is 4.39 Å². The van der Waals surface area contributed by atoms with E-state index >= 15 is 0 Å². The average Bonchev–Trinajstić information content (AvgIpc) is 2.56. The van der Waals surface area contributed by atoms with Gasteiger partial charge in [-0.1, -0.05) is 0 Å². The van der Waals surface area contributed by atoms with Gasteiger partial charge in [0.05, 0.1) is 18.6 Å². The molecule has 24 heavy (non-hydrogen) atoms. The fraction of sp³-hybridized carbons (Fsp3) is 0.176. The highest BCUT2D eigenvalue weighted by Gasteiger charge is 2.08. The minimum atomic E-state index is -0.559. The third-order valence-corrected chi connectivity index (χ3v) is 4.00. The van der Waals surface area contributed by atoms with Gasteiger partial charge in [0.15, 0.2) is 0 Å². The zero-order valence-electron chi connectivity index (χ0n) is 13.3. The standard InChI is InChI=1S/C17H17FN2O3S/c1-11(21)19-16-9-12(3-8-15(16)18)20-17(22)10-24-14-6-4-13(23-2)5-7-14/h3-9H,10H2,1-2H3,(H,19,21)(H,20,22). The number of carbonyl (C=O) groups is 2. The van der Waals surface area contributed by atoms with Gasteiger partial charge >= 0.3 is 0 Å². The van der Waals surface area contributed by atoms with E-state index < -0.39 is 5.82 Å². The Labute approximate surface area is 143 Å². The van der Waals surface area contributed by atoms with Gasteiger partial charge in [-0.05, 0) is 42.5 Å². The Hall–Kier alpha value is -2.54. The van der Waals surface area contributed by atoms with Gasteiger partial charge in [-0.3, -0.25) is 9.59 Å². The lowest BCUT2D eigenvalue weighted by Crippen LogP contribution is -2.15. The van der Waals surface area contributed by atoms with Gasteiger partial charge in [-0.15, -0.1) is 11.8 Å². The van der Waals surface area contributed by atoms with Crippen LogP contribution < -0.4 is 15.4 Å². The first-order chi connectivity index (χ1) is 11.5. The van der Waals surface area contributed by atoms with Crippen LogP contribution in [0.1, 0.15) is 6.92 Å². The van der Waals surface area contributed by atoms with E-state index in [9.17, 15) is 14.0 Å². The highest BCUT2D eigenvalue weighted by Crippen LogP contribution is 2.23. The molecule has 126 valence electrons. The molecule has 0 saturated carbocycles. The first kappa shape index (κ1) is 17.8. The van der Waals surface area contributed by atoms with Crippen LogP contribution in [0.4, 0.5) is 15.8 Å². The van der Waals surface area contributed by atoms with Gasteiger partial charge in [0.1, 0.15) is 11.6 Å². The van der Waals surface area contributed by atoms with Gasteiger partial charge in [0.25, 0.3) is 0 Å². The molecule has 2 amide bonds. The topological polar surface area (TPSA) is 67.4 Å². The number of ether oxygens (including phenoxy) is 1. The average molecular weight is 348 g/mol. The molecule has 0 atom stereocenters. The van der Waals surface area contributed by atoms with Crippen molar-refractivity contribution in [2.24, 2.45) is 0 Å². The number of anilines is 2. The van der Waals surface area contributed by atoms with Gasteiger partial charge < -0.3 is 15.4 Å². The molecule has 2 aromatic carbocycles. The summed E-state index contributed by atoms with van der Waals surface area (Å²) in [6.07, 6.45) is 0. The van der Waals surface area contributed by atoms with Crippen LogP contribution in [0.5, 0.6) is 5.75 Å². The fourth-order valence-electron chi connectivity index (χ4n) is 1.91. The first-order valence-electron chi connectivity index (χ1n) is 7.12. The summed E-state index contributed by atoms with van der Waals surface area (Å²) in [5.74, 6) is -0.209. The smallest absolute Gasteiger partial charge is 0.234 e. The van der Waals surface area contributed by atoms with Gasteiger partial charge in [0, 0.05) is 17.5 Å². The van der Waals surface area contributed by atoms with E-state index in [0.717, 1.165) is 10.6 Å². The largest absolute Gasteiger partial charge is 0.497 e. The Bertz CT molecular complexity index is 735. The number of nitrogens with one attached hydrogen (secondary N) is 2. The molecule has 7 heteroatoms. The zero-order chi connectivity index (χ0) is 17.5. The number of methoxy groups -OCH3 is 1. The van der Waals surface area contributed by atoms with Crippen molar-refractivity contribution < 1.29 is 18.7 Å². The normalized spacial score (nSPS) is 10.1. The Morgan fingerprint density at radius 2 is 1.83 bits per heavy atom. The minimum absolute atomic E-state index is 0.0307. The molecule has 0 radical (unpaired) electrons. The summed E-state index contributed by atoms with van der Waals surface area (Å²) in [6, 6.07) is 11.4. The fourth-order valence-corrected chi connectivity index (χ4v) is 2.60. The molecular formula is C17H17FN2O3S. The highest BCUT2D eigenvalue weighted by molar-refractivity contribution is 8.00. The lowest BCUT2D eigenvalue weighted by atomic mass is 10.2. The van der Waals surface area contributed by atoms with E-state index in [1.165, 1.54) is 36.9 Å². The Morgan fingerprint density at radius 3 is 2.46 bits per heavy atom. The number of thioether (sulfide) groups is 1. The highest BCUT2D eigenvalue weighted by atomic mass is 32.2. The molecule has 2 aromatic rings. The van der Waals surface area contributed by atoms with Gasteiger partial charge in [0.2, 0.25) is 11.8 Å². The number of benzene rings is 2. The Kier molecular flexibility index (Phi) is 6.20. The monoisotopic (exact) mass is 348 g/mol. The summed E-state index contributed by atoms with van der Waals surface area (Å²) in [4.78, 5) is 24.0. The van der Waals surface area contributed by atoms with Crippen LogP contribution in [0, 0.1) is 5.82 Å². The Morgan fingerprint density at radius 1 is 1.12 bits per heavy atom. The summed E-state index contributed by atoms with van der Waals surface area (Å²) in [7, 11) is 1.59. The predicted octanol–water partition coefficient (Wildman–Crippen LogP) is 3.52. The van der Waals surface area contributed by atoms with Crippen molar-refractivity contribution in [3.05, 3.63) is 48.3 Å². The molecule has 2 N–H and O–H groups in total. The van der Waals surface area contributed by atoms with Crippen molar-refractivity contribution >= 4 is 35.0 Å². The van der Waals surface area contributed by atoms with Crippen LogP contribution in [0.25, 0.3) is 0 Å². The second kappa shape index (κ2) is 8.35. The second-order valence-corrected chi connectivity index (χ2v) is 5.94. The van der Waals surface area contributed by atoms with Crippen molar-refractivity contribution in [2.75, 3.05) is 23.5 Å². The maximum absolute atomic E-state index is 13.6. The molecular weight excluding hydrogens is 331 g/mol. The first-order valence-corrected chi connectivity index (χ1v) is 8.10. The molecule has 0 aliphatic rings.